The lowest BCUT2D eigenvalue weighted by atomic mass is 10.1. The number of hydrogen-bond acceptors (Lipinski definition) is 8. The number of hydrogen-bond donors (Lipinski definition) is 0. The summed E-state index contributed by atoms with van der Waals surface area (Å²) in [4.78, 5) is 26.4. The van der Waals surface area contributed by atoms with Gasteiger partial charge in [-0.05, 0) is 67.4 Å². The predicted octanol–water partition coefficient (Wildman–Crippen LogP) is 5.04. The van der Waals surface area contributed by atoms with E-state index >= 15 is 0 Å². The molecule has 0 bridgehead atoms. The summed E-state index contributed by atoms with van der Waals surface area (Å²) in [6.07, 6.45) is 0. The first kappa shape index (κ1) is 22.3. The van der Waals surface area contributed by atoms with Crippen LogP contribution in [0.1, 0.15) is 21.9 Å². The number of carbonyl (C=O) groups excluding carboxylic acids is 1. The van der Waals surface area contributed by atoms with Crippen molar-refractivity contribution in [3.8, 4) is 39.9 Å². The number of carbonyl (C=O) groups is 1. The second-order valence-electron chi connectivity index (χ2n) is 7.96. The topological polar surface area (TPSA) is 93.4 Å². The molecule has 0 saturated carbocycles. The number of ether oxygens (including phenoxy) is 5. The van der Waals surface area contributed by atoms with Gasteiger partial charge in [0.05, 0.1) is 30.6 Å². The molecule has 2 heterocycles. The van der Waals surface area contributed by atoms with Crippen LogP contribution in [0.2, 0.25) is 0 Å². The highest BCUT2D eigenvalue weighted by molar-refractivity contribution is 5.98. The minimum Gasteiger partial charge on any atom is -0.493 e. The molecule has 0 amide bonds. The van der Waals surface area contributed by atoms with Crippen molar-refractivity contribution in [2.45, 2.75) is 13.8 Å². The zero-order chi connectivity index (χ0) is 24.7. The maximum atomic E-state index is 13.2. The largest absolute Gasteiger partial charge is 0.493 e. The summed E-state index contributed by atoms with van der Waals surface area (Å²) in [5.41, 5.74) is 1.26. The van der Waals surface area contributed by atoms with Crippen LogP contribution < -0.4 is 29.1 Å². The fourth-order valence-corrected chi connectivity index (χ4v) is 4.19. The van der Waals surface area contributed by atoms with Crippen LogP contribution in [0.15, 0.2) is 57.7 Å². The van der Waals surface area contributed by atoms with Crippen LogP contribution in [0, 0.1) is 13.8 Å². The van der Waals surface area contributed by atoms with Crippen molar-refractivity contribution in [1.82, 2.24) is 0 Å². The van der Waals surface area contributed by atoms with Crippen molar-refractivity contribution in [1.29, 1.82) is 0 Å². The summed E-state index contributed by atoms with van der Waals surface area (Å²) in [5, 5.41) is 0.790. The lowest BCUT2D eigenvalue weighted by molar-refractivity contribution is 0.0736. The van der Waals surface area contributed by atoms with E-state index in [1.54, 1.807) is 44.2 Å². The summed E-state index contributed by atoms with van der Waals surface area (Å²) in [6.45, 7) is 3.57. The third kappa shape index (κ3) is 3.93. The van der Waals surface area contributed by atoms with Gasteiger partial charge in [-0.2, -0.15) is 0 Å². The van der Waals surface area contributed by atoms with E-state index in [0.29, 0.717) is 56.4 Å². The Labute approximate surface area is 200 Å². The van der Waals surface area contributed by atoms with Gasteiger partial charge in [0.1, 0.15) is 17.3 Å². The fraction of sp³-hybridized carbons (Fsp3) is 0.185. The normalized spacial score (nSPS) is 12.0. The van der Waals surface area contributed by atoms with Crippen molar-refractivity contribution in [2.24, 2.45) is 0 Å². The Hall–Kier alpha value is -4.46. The lowest BCUT2D eigenvalue weighted by Crippen LogP contribution is -2.09. The van der Waals surface area contributed by atoms with Gasteiger partial charge in [-0.15, -0.1) is 0 Å². The quantitative estimate of drug-likeness (QED) is 0.371. The molecule has 0 aliphatic carbocycles. The van der Waals surface area contributed by atoms with E-state index in [9.17, 15) is 9.59 Å². The number of benzene rings is 2. The van der Waals surface area contributed by atoms with Crippen LogP contribution in [0.4, 0.5) is 0 Å². The van der Waals surface area contributed by atoms with Crippen LogP contribution in [0.3, 0.4) is 0 Å². The number of furan rings is 1. The van der Waals surface area contributed by atoms with Crippen LogP contribution in [0.25, 0.3) is 21.9 Å². The second-order valence-corrected chi connectivity index (χ2v) is 7.96. The van der Waals surface area contributed by atoms with Crippen molar-refractivity contribution >= 4 is 16.7 Å². The van der Waals surface area contributed by atoms with E-state index in [1.165, 1.54) is 26.4 Å². The fourth-order valence-electron chi connectivity index (χ4n) is 4.19. The standard InChI is InChI=1S/C27H22O8/c1-14-25-19(28)9-18(16-5-8-21-23(10-16)33-13-32-21)12-24(26(25)15(2)34-14)35-27(29)17-6-7-20(30-3)22(11-17)31-4/h5-12H,13H2,1-4H3. The van der Waals surface area contributed by atoms with Gasteiger partial charge in [-0.25, -0.2) is 4.79 Å². The van der Waals surface area contributed by atoms with Gasteiger partial charge < -0.3 is 28.1 Å². The van der Waals surface area contributed by atoms with Gasteiger partial charge >= 0.3 is 5.97 Å². The monoisotopic (exact) mass is 474 g/mol. The molecule has 8 nitrogen and oxygen atoms in total. The molecule has 0 unspecified atom stereocenters. The summed E-state index contributed by atoms with van der Waals surface area (Å²) in [5.74, 6) is 2.57. The molecule has 0 N–H and O–H groups in total. The van der Waals surface area contributed by atoms with Gasteiger partial charge in [-0.1, -0.05) is 6.07 Å². The average Bonchev–Trinajstić information content (AvgIpc) is 3.40. The first-order valence-corrected chi connectivity index (χ1v) is 10.8. The number of fused-ring (bicyclic) bond motifs is 2. The Balaban J connectivity index is 1.66. The highest BCUT2D eigenvalue weighted by Crippen LogP contribution is 2.38. The first-order valence-electron chi connectivity index (χ1n) is 10.8. The molecule has 3 aromatic carbocycles. The third-order valence-corrected chi connectivity index (χ3v) is 5.85. The third-order valence-electron chi connectivity index (χ3n) is 5.85. The Kier molecular flexibility index (Phi) is 5.56. The highest BCUT2D eigenvalue weighted by Gasteiger charge is 2.21. The van der Waals surface area contributed by atoms with Crippen molar-refractivity contribution < 1.29 is 32.9 Å². The van der Waals surface area contributed by atoms with Gasteiger partial charge in [0, 0.05) is 0 Å². The molecule has 0 spiro atoms. The minimum absolute atomic E-state index is 0.135. The predicted molar refractivity (Wildman–Crippen MR) is 128 cm³/mol. The van der Waals surface area contributed by atoms with E-state index in [-0.39, 0.29) is 23.5 Å². The number of esters is 1. The summed E-state index contributed by atoms with van der Waals surface area (Å²) >= 11 is 0. The van der Waals surface area contributed by atoms with Gasteiger partial charge in [-0.3, -0.25) is 4.79 Å². The van der Waals surface area contributed by atoms with Gasteiger partial charge in [0.15, 0.2) is 28.4 Å². The molecule has 0 fully saturated rings. The molecule has 8 heteroatoms. The number of methoxy groups -OCH3 is 2. The Bertz CT molecular complexity index is 1530. The van der Waals surface area contributed by atoms with E-state index in [2.05, 4.69) is 0 Å². The highest BCUT2D eigenvalue weighted by atomic mass is 16.7. The first-order chi connectivity index (χ1) is 16.9. The van der Waals surface area contributed by atoms with Gasteiger partial charge in [0.25, 0.3) is 0 Å². The maximum absolute atomic E-state index is 13.2. The number of rotatable bonds is 5. The molecule has 0 radical (unpaired) electrons. The Morgan fingerprint density at radius 1 is 0.771 bits per heavy atom. The molecule has 1 aromatic heterocycles. The molecule has 35 heavy (non-hydrogen) atoms. The van der Waals surface area contributed by atoms with Crippen LogP contribution in [-0.2, 0) is 0 Å². The van der Waals surface area contributed by atoms with Crippen LogP contribution in [0.5, 0.6) is 28.7 Å². The van der Waals surface area contributed by atoms with Crippen molar-refractivity contribution in [3.05, 3.63) is 75.8 Å². The van der Waals surface area contributed by atoms with Crippen molar-refractivity contribution in [3.63, 3.8) is 0 Å². The molecular weight excluding hydrogens is 452 g/mol. The second kappa shape index (κ2) is 8.72. The van der Waals surface area contributed by atoms with E-state index < -0.39 is 5.97 Å². The zero-order valence-corrected chi connectivity index (χ0v) is 19.6. The van der Waals surface area contributed by atoms with Crippen LogP contribution in [-0.4, -0.2) is 27.0 Å². The summed E-state index contributed by atoms with van der Waals surface area (Å²) in [6, 6.07) is 13.3. The maximum Gasteiger partial charge on any atom is 0.343 e. The molecular formula is C27H22O8. The van der Waals surface area contributed by atoms with Crippen LogP contribution >= 0.6 is 0 Å². The molecule has 1 aliphatic rings. The number of aryl methyl sites for hydroxylation is 2. The smallest absolute Gasteiger partial charge is 0.343 e. The summed E-state index contributed by atoms with van der Waals surface area (Å²) in [7, 11) is 3.00. The average molecular weight is 474 g/mol. The molecule has 178 valence electrons. The van der Waals surface area contributed by atoms with E-state index in [0.717, 1.165) is 0 Å². The van der Waals surface area contributed by atoms with E-state index in [1.807, 2.05) is 6.07 Å². The molecule has 0 saturated heterocycles. The summed E-state index contributed by atoms with van der Waals surface area (Å²) < 4.78 is 33.0. The van der Waals surface area contributed by atoms with E-state index in [4.69, 9.17) is 28.1 Å². The van der Waals surface area contributed by atoms with Crippen molar-refractivity contribution in [2.75, 3.05) is 21.0 Å². The Morgan fingerprint density at radius 3 is 2.29 bits per heavy atom. The molecule has 0 atom stereocenters. The SMILES string of the molecule is COc1ccc(C(=O)Oc2cc(-c3ccc4c(c3)OCO4)cc(=O)c3c(C)oc(C)c23)cc1OC. The zero-order valence-electron chi connectivity index (χ0n) is 19.6. The van der Waals surface area contributed by atoms with Gasteiger partial charge in [0.2, 0.25) is 6.79 Å². The molecule has 1 aliphatic heterocycles. The molecule has 5 rings (SSSR count). The molecule has 4 aromatic rings. The Morgan fingerprint density at radius 2 is 1.51 bits per heavy atom. The lowest BCUT2D eigenvalue weighted by Gasteiger charge is -2.10. The minimum atomic E-state index is -0.624.